The summed E-state index contributed by atoms with van der Waals surface area (Å²) in [7, 11) is 0. The lowest BCUT2D eigenvalue weighted by Gasteiger charge is -2.42. The van der Waals surface area contributed by atoms with Crippen molar-refractivity contribution in [1.82, 2.24) is 30.0 Å². The first-order valence-corrected chi connectivity index (χ1v) is 9.42. The third-order valence-corrected chi connectivity index (χ3v) is 5.07. The minimum absolute atomic E-state index is 0.106. The van der Waals surface area contributed by atoms with Gasteiger partial charge in [-0.3, -0.25) is 4.90 Å². The summed E-state index contributed by atoms with van der Waals surface area (Å²) in [6.07, 6.45) is 2.17. The van der Waals surface area contributed by atoms with Gasteiger partial charge in [0.1, 0.15) is 6.33 Å². The fraction of sp³-hybridized carbons (Fsp3) is 0.875. The molecule has 1 aromatic heterocycles. The van der Waals surface area contributed by atoms with E-state index < -0.39 is 12.1 Å². The molecule has 2 atom stereocenters. The Morgan fingerprint density at radius 2 is 1.75 bits per heavy atom. The molecule has 1 saturated heterocycles. The van der Waals surface area contributed by atoms with Crippen LogP contribution in [-0.4, -0.2) is 97.2 Å². The summed E-state index contributed by atoms with van der Waals surface area (Å²) in [6, 6.07) is 0.405. The lowest BCUT2D eigenvalue weighted by Crippen LogP contribution is -2.54. The van der Waals surface area contributed by atoms with E-state index in [1.807, 2.05) is 0 Å². The number of aliphatic hydroxyl groups excluding tert-OH is 1. The molecule has 160 valence electrons. The maximum atomic E-state index is 10.6. The van der Waals surface area contributed by atoms with Gasteiger partial charge in [0.05, 0.1) is 6.10 Å². The van der Waals surface area contributed by atoms with Crippen LogP contribution in [0, 0.1) is 0 Å². The van der Waals surface area contributed by atoms with Crippen molar-refractivity contribution in [2.24, 2.45) is 0 Å². The predicted octanol–water partition coefficient (Wildman–Crippen LogP) is 0.618. The van der Waals surface area contributed by atoms with Gasteiger partial charge in [0.25, 0.3) is 0 Å². The van der Waals surface area contributed by atoms with Gasteiger partial charge in [-0.05, 0) is 29.7 Å². The number of aliphatic hydroxyl groups is 1. The van der Waals surface area contributed by atoms with Crippen LogP contribution in [-0.2, 0) is 11.3 Å². The summed E-state index contributed by atoms with van der Waals surface area (Å²) in [4.78, 5) is 13.9. The zero-order chi connectivity index (χ0) is 20.6. The van der Waals surface area contributed by atoms with E-state index >= 15 is 0 Å². The minimum atomic E-state index is -5.08. The molecular formula is C16H27F3N6O3. The van der Waals surface area contributed by atoms with Crippen molar-refractivity contribution in [2.45, 2.75) is 57.0 Å². The van der Waals surface area contributed by atoms with Gasteiger partial charge < -0.3 is 15.1 Å². The number of nitrogens with zero attached hydrogens (tertiary/aromatic N) is 6. The number of aromatic nitrogens is 4. The van der Waals surface area contributed by atoms with Gasteiger partial charge in [0.15, 0.2) is 0 Å². The fourth-order valence-corrected chi connectivity index (χ4v) is 3.58. The number of halogens is 3. The van der Waals surface area contributed by atoms with Crippen LogP contribution in [0.3, 0.4) is 0 Å². The lowest BCUT2D eigenvalue weighted by atomic mass is 9.91. The first-order valence-electron chi connectivity index (χ1n) is 9.42. The van der Waals surface area contributed by atoms with Crippen molar-refractivity contribution in [1.29, 1.82) is 0 Å². The van der Waals surface area contributed by atoms with Crippen LogP contribution in [0.15, 0.2) is 6.33 Å². The van der Waals surface area contributed by atoms with E-state index in [1.165, 1.54) is 19.3 Å². The summed E-state index contributed by atoms with van der Waals surface area (Å²) in [5.74, 6) is -2.76. The second-order valence-corrected chi connectivity index (χ2v) is 7.03. The summed E-state index contributed by atoms with van der Waals surface area (Å²) in [5.41, 5.74) is 0. The van der Waals surface area contributed by atoms with Gasteiger partial charge in [-0.2, -0.15) is 13.2 Å². The Bertz CT molecular complexity index is 579. The van der Waals surface area contributed by atoms with Gasteiger partial charge in [0, 0.05) is 45.3 Å². The van der Waals surface area contributed by atoms with Crippen LogP contribution in [0.4, 0.5) is 13.2 Å². The Kier molecular flexibility index (Phi) is 8.58. The van der Waals surface area contributed by atoms with Crippen LogP contribution in [0.5, 0.6) is 0 Å². The molecule has 1 saturated carbocycles. The molecule has 12 heteroatoms. The molecule has 28 heavy (non-hydrogen) atoms. The lowest BCUT2D eigenvalue weighted by molar-refractivity contribution is -0.192. The maximum Gasteiger partial charge on any atom is 0.490 e. The molecule has 0 amide bonds. The molecule has 2 N–H and O–H groups in total. The molecule has 1 aromatic rings. The quantitative estimate of drug-likeness (QED) is 0.730. The van der Waals surface area contributed by atoms with Crippen LogP contribution in [0.25, 0.3) is 0 Å². The van der Waals surface area contributed by atoms with Crippen molar-refractivity contribution in [3.63, 3.8) is 0 Å². The molecule has 9 nitrogen and oxygen atoms in total. The number of rotatable bonds is 5. The average molecular weight is 408 g/mol. The smallest absolute Gasteiger partial charge is 0.475 e. The zero-order valence-electron chi connectivity index (χ0n) is 15.6. The van der Waals surface area contributed by atoms with Crippen molar-refractivity contribution >= 4 is 5.97 Å². The monoisotopic (exact) mass is 408 g/mol. The van der Waals surface area contributed by atoms with Gasteiger partial charge >= 0.3 is 12.1 Å². The highest BCUT2D eigenvalue weighted by atomic mass is 19.4. The van der Waals surface area contributed by atoms with Crippen LogP contribution >= 0.6 is 0 Å². The summed E-state index contributed by atoms with van der Waals surface area (Å²) in [5, 5.41) is 28.5. The third kappa shape index (κ3) is 7.32. The number of alkyl halides is 3. The molecule has 0 spiro atoms. The van der Waals surface area contributed by atoms with Crippen molar-refractivity contribution in [2.75, 3.05) is 32.7 Å². The molecule has 1 aliphatic carbocycles. The van der Waals surface area contributed by atoms with Crippen molar-refractivity contribution in [3.8, 4) is 0 Å². The summed E-state index contributed by atoms with van der Waals surface area (Å²) < 4.78 is 33.5. The van der Waals surface area contributed by atoms with E-state index in [1.54, 1.807) is 11.0 Å². The molecule has 2 heterocycles. The number of tetrazole rings is 1. The fourth-order valence-electron chi connectivity index (χ4n) is 3.58. The molecule has 1 aliphatic heterocycles. The molecular weight excluding hydrogens is 381 g/mol. The predicted molar refractivity (Wildman–Crippen MR) is 92.4 cm³/mol. The third-order valence-electron chi connectivity index (χ3n) is 5.07. The summed E-state index contributed by atoms with van der Waals surface area (Å²) in [6.45, 7) is 6.38. The minimum Gasteiger partial charge on any atom is -0.475 e. The Balaban J connectivity index is 0.000000345. The van der Waals surface area contributed by atoms with E-state index in [9.17, 15) is 18.3 Å². The largest absolute Gasteiger partial charge is 0.490 e. The normalized spacial score (nSPS) is 24.4. The Labute approximate surface area is 161 Å². The maximum absolute atomic E-state index is 10.6. The molecule has 0 bridgehead atoms. The van der Waals surface area contributed by atoms with Crippen LogP contribution in [0.2, 0.25) is 0 Å². The second-order valence-electron chi connectivity index (χ2n) is 7.03. The number of aliphatic carboxylic acids is 1. The highest BCUT2D eigenvalue weighted by molar-refractivity contribution is 5.73. The van der Waals surface area contributed by atoms with Gasteiger partial charge in [-0.25, -0.2) is 9.48 Å². The first kappa shape index (κ1) is 22.5. The average Bonchev–Trinajstić information content (AvgIpc) is 3.16. The van der Waals surface area contributed by atoms with E-state index in [-0.39, 0.29) is 6.10 Å². The SMILES string of the molecule is O=C(O)C(F)(F)F.O[C@H]1CCCC[C@@H]1N1CCN(CCCn2cnnn2)CC1. The number of carboxylic acid groups (broad SMARTS) is 1. The van der Waals surface area contributed by atoms with E-state index in [4.69, 9.17) is 9.90 Å². The van der Waals surface area contributed by atoms with Gasteiger partial charge in [-0.1, -0.05) is 12.8 Å². The van der Waals surface area contributed by atoms with E-state index in [0.717, 1.165) is 52.1 Å². The van der Waals surface area contributed by atoms with Crippen molar-refractivity contribution < 1.29 is 28.2 Å². The number of aryl methyl sites for hydroxylation is 1. The first-order chi connectivity index (χ1) is 13.3. The second kappa shape index (κ2) is 10.7. The number of hydrogen-bond acceptors (Lipinski definition) is 7. The molecule has 0 unspecified atom stereocenters. The molecule has 2 fully saturated rings. The molecule has 3 rings (SSSR count). The zero-order valence-corrected chi connectivity index (χ0v) is 15.6. The highest BCUT2D eigenvalue weighted by Gasteiger charge is 2.38. The van der Waals surface area contributed by atoms with Gasteiger partial charge in [0.2, 0.25) is 0 Å². The Hall–Kier alpha value is -1.79. The molecule has 0 radical (unpaired) electrons. The number of hydrogen-bond donors (Lipinski definition) is 2. The van der Waals surface area contributed by atoms with E-state index in [0.29, 0.717) is 6.04 Å². The van der Waals surface area contributed by atoms with Gasteiger partial charge in [-0.15, -0.1) is 5.10 Å². The summed E-state index contributed by atoms with van der Waals surface area (Å²) >= 11 is 0. The highest BCUT2D eigenvalue weighted by Crippen LogP contribution is 2.24. The standard InChI is InChI=1S/C14H26N6O.C2HF3O2/c21-14-5-2-1-4-13(14)19-10-8-18(9-11-19)6-3-7-20-12-15-16-17-20;3-2(4,5)1(6)7/h12-14,21H,1-11H2;(H,6,7)/t13-,14-;/m0./s1. The number of carbonyl (C=O) groups is 1. The van der Waals surface area contributed by atoms with Crippen LogP contribution < -0.4 is 0 Å². The molecule has 2 aliphatic rings. The Morgan fingerprint density at radius 1 is 1.11 bits per heavy atom. The van der Waals surface area contributed by atoms with Crippen LogP contribution in [0.1, 0.15) is 32.1 Å². The number of piperazine rings is 1. The molecule has 0 aromatic carbocycles. The Morgan fingerprint density at radius 3 is 2.29 bits per heavy atom. The van der Waals surface area contributed by atoms with E-state index in [2.05, 4.69) is 25.3 Å². The number of carboxylic acids is 1. The van der Waals surface area contributed by atoms with Crippen molar-refractivity contribution in [3.05, 3.63) is 6.33 Å². The topological polar surface area (TPSA) is 108 Å².